The third-order valence-corrected chi connectivity index (χ3v) is 4.68. The molecule has 0 unspecified atom stereocenters. The van der Waals surface area contributed by atoms with Gasteiger partial charge in [-0.2, -0.15) is 0 Å². The number of imidazole rings is 1. The topological polar surface area (TPSA) is 85.3 Å². The number of benzene rings is 1. The Morgan fingerprint density at radius 3 is 2.82 bits per heavy atom. The van der Waals surface area contributed by atoms with Crippen molar-refractivity contribution in [1.82, 2.24) is 24.9 Å². The number of aryl methyl sites for hydroxylation is 1. The van der Waals surface area contributed by atoms with Crippen molar-refractivity contribution in [2.75, 3.05) is 0 Å². The number of rotatable bonds is 7. The van der Waals surface area contributed by atoms with Gasteiger partial charge in [0.25, 0.3) is 0 Å². The molecule has 0 fully saturated rings. The number of pyridine rings is 1. The van der Waals surface area contributed by atoms with E-state index in [1.807, 2.05) is 59.3 Å². The summed E-state index contributed by atoms with van der Waals surface area (Å²) in [6.45, 7) is 0.400. The average molecular weight is 440 g/mol. The minimum absolute atomic E-state index is 0.0268. The molecule has 4 aromatic rings. The molecule has 28 heavy (non-hydrogen) atoms. The summed E-state index contributed by atoms with van der Waals surface area (Å²) in [7, 11) is 0. The zero-order valence-corrected chi connectivity index (χ0v) is 16.6. The maximum absolute atomic E-state index is 12.1. The van der Waals surface area contributed by atoms with E-state index in [4.69, 9.17) is 4.42 Å². The van der Waals surface area contributed by atoms with Gasteiger partial charge in [-0.15, -0.1) is 10.2 Å². The van der Waals surface area contributed by atoms with Crippen LogP contribution >= 0.6 is 15.9 Å². The van der Waals surface area contributed by atoms with Crippen LogP contribution in [0.1, 0.15) is 24.4 Å². The van der Waals surface area contributed by atoms with Crippen LogP contribution < -0.4 is 5.32 Å². The molecular formula is C20H18BrN5O2. The van der Waals surface area contributed by atoms with Gasteiger partial charge >= 0.3 is 0 Å². The summed E-state index contributed by atoms with van der Waals surface area (Å²) in [6.07, 6.45) is 5.43. The molecule has 0 aliphatic carbocycles. The van der Waals surface area contributed by atoms with Gasteiger partial charge in [0, 0.05) is 35.3 Å². The zero-order chi connectivity index (χ0) is 19.3. The van der Waals surface area contributed by atoms with Gasteiger partial charge in [0.15, 0.2) is 0 Å². The molecule has 0 radical (unpaired) electrons. The van der Waals surface area contributed by atoms with Crippen LogP contribution in [0.2, 0.25) is 0 Å². The lowest BCUT2D eigenvalue weighted by atomic mass is 10.2. The fraction of sp³-hybridized carbons (Fsp3) is 0.200. The minimum Gasteiger partial charge on any atom is -0.421 e. The van der Waals surface area contributed by atoms with Gasteiger partial charge in [-0.05, 0) is 46.6 Å². The van der Waals surface area contributed by atoms with E-state index in [-0.39, 0.29) is 5.91 Å². The van der Waals surface area contributed by atoms with E-state index in [0.717, 1.165) is 21.4 Å². The SMILES string of the molecule is O=C(CCCc1nnc(-c2ccccc2)o1)NCc1cn2cc(Br)ccc2n1. The Labute approximate surface area is 169 Å². The molecular weight excluding hydrogens is 422 g/mol. The van der Waals surface area contributed by atoms with Crippen molar-refractivity contribution in [3.8, 4) is 11.5 Å². The Hall–Kier alpha value is -3.00. The number of nitrogens with zero attached hydrogens (tertiary/aromatic N) is 4. The minimum atomic E-state index is -0.0268. The van der Waals surface area contributed by atoms with Crippen molar-refractivity contribution in [2.24, 2.45) is 0 Å². The summed E-state index contributed by atoms with van der Waals surface area (Å²) in [5, 5.41) is 11.0. The maximum Gasteiger partial charge on any atom is 0.247 e. The van der Waals surface area contributed by atoms with Crippen molar-refractivity contribution in [3.05, 3.63) is 70.9 Å². The van der Waals surface area contributed by atoms with Gasteiger partial charge in [0.2, 0.25) is 17.7 Å². The van der Waals surface area contributed by atoms with Crippen LogP contribution in [0.5, 0.6) is 0 Å². The zero-order valence-electron chi connectivity index (χ0n) is 15.0. The van der Waals surface area contributed by atoms with Crippen LogP contribution in [0, 0.1) is 0 Å². The highest BCUT2D eigenvalue weighted by Gasteiger charge is 2.10. The highest BCUT2D eigenvalue weighted by Crippen LogP contribution is 2.17. The Bertz CT molecular complexity index is 1090. The van der Waals surface area contributed by atoms with Crippen LogP contribution in [0.15, 0.2) is 63.7 Å². The summed E-state index contributed by atoms with van der Waals surface area (Å²) >= 11 is 3.43. The van der Waals surface area contributed by atoms with E-state index in [1.54, 1.807) is 0 Å². The van der Waals surface area contributed by atoms with Crippen LogP contribution in [-0.2, 0) is 17.8 Å². The number of carbonyl (C=O) groups excluding carboxylic acids is 1. The van der Waals surface area contributed by atoms with Gasteiger partial charge in [0.1, 0.15) is 5.65 Å². The summed E-state index contributed by atoms with van der Waals surface area (Å²) in [5.41, 5.74) is 2.55. The van der Waals surface area contributed by atoms with Crippen molar-refractivity contribution in [3.63, 3.8) is 0 Å². The molecule has 1 amide bonds. The van der Waals surface area contributed by atoms with E-state index in [1.165, 1.54) is 0 Å². The van der Waals surface area contributed by atoms with Crippen molar-refractivity contribution >= 4 is 27.5 Å². The van der Waals surface area contributed by atoms with Crippen molar-refractivity contribution in [1.29, 1.82) is 0 Å². The molecule has 3 heterocycles. The molecule has 0 saturated heterocycles. The van der Waals surface area contributed by atoms with E-state index < -0.39 is 0 Å². The molecule has 4 rings (SSSR count). The van der Waals surface area contributed by atoms with Crippen molar-refractivity contribution < 1.29 is 9.21 Å². The molecule has 0 aliphatic heterocycles. The number of hydrogen-bond acceptors (Lipinski definition) is 5. The first-order chi connectivity index (χ1) is 13.7. The molecule has 7 nitrogen and oxygen atoms in total. The third kappa shape index (κ3) is 4.45. The largest absolute Gasteiger partial charge is 0.421 e. The first kappa shape index (κ1) is 18.4. The van der Waals surface area contributed by atoms with Gasteiger partial charge in [-0.1, -0.05) is 18.2 Å². The normalized spacial score (nSPS) is 11.0. The first-order valence-electron chi connectivity index (χ1n) is 8.95. The Kier molecular flexibility index (Phi) is 5.48. The number of carbonyl (C=O) groups is 1. The monoisotopic (exact) mass is 439 g/mol. The van der Waals surface area contributed by atoms with Gasteiger partial charge < -0.3 is 14.1 Å². The molecule has 1 N–H and O–H groups in total. The lowest BCUT2D eigenvalue weighted by Crippen LogP contribution is -2.22. The number of halogens is 1. The molecule has 3 aromatic heterocycles. The van der Waals surface area contributed by atoms with Crippen LogP contribution in [-0.4, -0.2) is 25.5 Å². The van der Waals surface area contributed by atoms with Crippen LogP contribution in [0.4, 0.5) is 0 Å². The number of hydrogen-bond donors (Lipinski definition) is 1. The van der Waals surface area contributed by atoms with Crippen LogP contribution in [0.3, 0.4) is 0 Å². The molecule has 8 heteroatoms. The first-order valence-corrected chi connectivity index (χ1v) is 9.74. The Balaban J connectivity index is 1.24. The third-order valence-electron chi connectivity index (χ3n) is 4.21. The number of fused-ring (bicyclic) bond motifs is 1. The fourth-order valence-corrected chi connectivity index (χ4v) is 3.18. The molecule has 0 aliphatic rings. The summed E-state index contributed by atoms with van der Waals surface area (Å²) < 4.78 is 8.55. The van der Waals surface area contributed by atoms with Gasteiger partial charge in [-0.25, -0.2) is 4.98 Å². The van der Waals surface area contributed by atoms with Gasteiger partial charge in [-0.3, -0.25) is 4.79 Å². The highest BCUT2D eigenvalue weighted by molar-refractivity contribution is 9.10. The lowest BCUT2D eigenvalue weighted by Gasteiger charge is -2.02. The second-order valence-electron chi connectivity index (χ2n) is 6.34. The molecule has 142 valence electrons. The fourth-order valence-electron chi connectivity index (χ4n) is 2.83. The molecule has 0 spiro atoms. The lowest BCUT2D eigenvalue weighted by molar-refractivity contribution is -0.121. The quantitative estimate of drug-likeness (QED) is 0.473. The average Bonchev–Trinajstić information content (AvgIpc) is 3.33. The molecule has 0 saturated carbocycles. The highest BCUT2D eigenvalue weighted by atomic mass is 79.9. The van der Waals surface area contributed by atoms with Gasteiger partial charge in [0.05, 0.1) is 12.2 Å². The number of amides is 1. The smallest absolute Gasteiger partial charge is 0.247 e. The van der Waals surface area contributed by atoms with E-state index in [0.29, 0.717) is 37.6 Å². The predicted octanol–water partition coefficient (Wildman–Crippen LogP) is 3.79. The van der Waals surface area contributed by atoms with E-state index in [9.17, 15) is 4.79 Å². The Morgan fingerprint density at radius 1 is 1.11 bits per heavy atom. The van der Waals surface area contributed by atoms with Crippen molar-refractivity contribution in [2.45, 2.75) is 25.8 Å². The standard InChI is InChI=1S/C20H18BrN5O2/c21-15-9-10-17-23-16(13-26(17)12-15)11-22-18(27)7-4-8-19-24-25-20(28-19)14-5-2-1-3-6-14/h1-3,5-6,9-10,12-13H,4,7-8,11H2,(H,22,27). The number of aromatic nitrogens is 4. The summed E-state index contributed by atoms with van der Waals surface area (Å²) in [5.74, 6) is 1.01. The summed E-state index contributed by atoms with van der Waals surface area (Å²) in [6, 6.07) is 13.5. The maximum atomic E-state index is 12.1. The molecule has 1 aromatic carbocycles. The number of nitrogens with one attached hydrogen (secondary N) is 1. The summed E-state index contributed by atoms with van der Waals surface area (Å²) in [4.78, 5) is 16.6. The van der Waals surface area contributed by atoms with E-state index >= 15 is 0 Å². The molecule has 0 bridgehead atoms. The second kappa shape index (κ2) is 8.35. The second-order valence-corrected chi connectivity index (χ2v) is 7.26. The van der Waals surface area contributed by atoms with Crippen LogP contribution in [0.25, 0.3) is 17.1 Å². The Morgan fingerprint density at radius 2 is 1.96 bits per heavy atom. The predicted molar refractivity (Wildman–Crippen MR) is 107 cm³/mol. The van der Waals surface area contributed by atoms with E-state index in [2.05, 4.69) is 36.4 Å². The molecule has 0 atom stereocenters.